The molecule has 118 valence electrons. The molecular weight excluding hydrogens is 298 g/mol. The molecule has 2 N–H and O–H groups in total. The van der Waals surface area contributed by atoms with Gasteiger partial charge in [-0.3, -0.25) is 9.71 Å². The number of benzene rings is 1. The van der Waals surface area contributed by atoms with E-state index in [1.165, 1.54) is 0 Å². The third-order valence-electron chi connectivity index (χ3n) is 3.32. The van der Waals surface area contributed by atoms with Crippen LogP contribution in [0.2, 0.25) is 0 Å². The zero-order chi connectivity index (χ0) is 16.2. The Morgan fingerprint density at radius 1 is 1.14 bits per heavy atom. The maximum Gasteiger partial charge on any atom is 0.232 e. The smallest absolute Gasteiger partial charge is 0.232 e. The summed E-state index contributed by atoms with van der Waals surface area (Å²) in [5.74, 6) is 0.0626. The molecule has 0 spiro atoms. The van der Waals surface area contributed by atoms with E-state index in [2.05, 4.69) is 15.0 Å². The lowest BCUT2D eigenvalue weighted by atomic mass is 10.1. The fraction of sp³-hybridized carbons (Fsp3) is 0.312. The molecule has 0 bridgehead atoms. The Labute approximate surface area is 131 Å². The second kappa shape index (κ2) is 6.79. The van der Waals surface area contributed by atoms with Gasteiger partial charge in [0, 0.05) is 24.1 Å². The van der Waals surface area contributed by atoms with Gasteiger partial charge in [0.2, 0.25) is 10.0 Å². The van der Waals surface area contributed by atoms with E-state index in [0.717, 1.165) is 16.8 Å². The van der Waals surface area contributed by atoms with E-state index in [9.17, 15) is 8.42 Å². The highest BCUT2D eigenvalue weighted by Crippen LogP contribution is 2.21. The van der Waals surface area contributed by atoms with Gasteiger partial charge in [-0.25, -0.2) is 8.42 Å². The van der Waals surface area contributed by atoms with Crippen LogP contribution >= 0.6 is 0 Å². The van der Waals surface area contributed by atoms with Crippen LogP contribution in [0.25, 0.3) is 0 Å². The SMILES string of the molecule is CCS(=O)(=O)Nc1ccc([C@H](C)Nc2cncc(C)c2)cc1. The molecule has 1 aromatic heterocycles. The average molecular weight is 319 g/mol. The first-order chi connectivity index (χ1) is 10.4. The lowest BCUT2D eigenvalue weighted by molar-refractivity contribution is 0.602. The minimum absolute atomic E-state index is 0.0626. The van der Waals surface area contributed by atoms with Crippen LogP contribution in [0, 0.1) is 6.92 Å². The summed E-state index contributed by atoms with van der Waals surface area (Å²) < 4.78 is 25.6. The van der Waals surface area contributed by atoms with Crippen LogP contribution in [0.4, 0.5) is 11.4 Å². The standard InChI is InChI=1S/C16H21N3O2S/c1-4-22(20,21)19-15-7-5-14(6-8-15)13(3)18-16-9-12(2)10-17-11-16/h5-11,13,18-19H,4H2,1-3H3/t13-/m0/s1. The number of hydrogen-bond donors (Lipinski definition) is 2. The summed E-state index contributed by atoms with van der Waals surface area (Å²) in [7, 11) is -3.23. The molecule has 0 saturated carbocycles. The first kappa shape index (κ1) is 16.3. The molecule has 0 aliphatic heterocycles. The Balaban J connectivity index is 2.06. The van der Waals surface area contributed by atoms with Gasteiger partial charge in [-0.05, 0) is 50.1 Å². The maximum absolute atomic E-state index is 11.5. The van der Waals surface area contributed by atoms with Gasteiger partial charge in [0.15, 0.2) is 0 Å². The molecule has 0 saturated heterocycles. The molecule has 1 heterocycles. The molecule has 2 rings (SSSR count). The van der Waals surface area contributed by atoms with Gasteiger partial charge in [0.1, 0.15) is 0 Å². The van der Waals surface area contributed by atoms with E-state index in [0.29, 0.717) is 5.69 Å². The monoisotopic (exact) mass is 319 g/mol. The van der Waals surface area contributed by atoms with Crippen molar-refractivity contribution in [3.63, 3.8) is 0 Å². The van der Waals surface area contributed by atoms with Crippen LogP contribution < -0.4 is 10.0 Å². The van der Waals surface area contributed by atoms with Crippen molar-refractivity contribution >= 4 is 21.4 Å². The minimum atomic E-state index is -3.23. The lowest BCUT2D eigenvalue weighted by Gasteiger charge is -2.16. The predicted molar refractivity (Wildman–Crippen MR) is 90.5 cm³/mol. The van der Waals surface area contributed by atoms with Gasteiger partial charge in [-0.1, -0.05) is 12.1 Å². The van der Waals surface area contributed by atoms with Gasteiger partial charge in [0.05, 0.1) is 11.4 Å². The molecule has 0 aliphatic carbocycles. The van der Waals surface area contributed by atoms with Gasteiger partial charge >= 0.3 is 0 Å². The Bertz CT molecular complexity index is 727. The fourth-order valence-corrected chi connectivity index (χ4v) is 2.70. The van der Waals surface area contributed by atoms with E-state index >= 15 is 0 Å². The molecule has 0 aliphatic rings. The van der Waals surface area contributed by atoms with Crippen molar-refractivity contribution in [3.05, 3.63) is 53.9 Å². The normalized spacial score (nSPS) is 12.7. The summed E-state index contributed by atoms with van der Waals surface area (Å²) >= 11 is 0. The topological polar surface area (TPSA) is 71.1 Å². The number of anilines is 2. The molecule has 1 aromatic carbocycles. The van der Waals surface area contributed by atoms with Gasteiger partial charge in [-0.15, -0.1) is 0 Å². The number of aromatic nitrogens is 1. The van der Waals surface area contributed by atoms with Crippen molar-refractivity contribution in [2.75, 3.05) is 15.8 Å². The van der Waals surface area contributed by atoms with Crippen LogP contribution in [0.5, 0.6) is 0 Å². The first-order valence-electron chi connectivity index (χ1n) is 7.18. The Morgan fingerprint density at radius 3 is 2.41 bits per heavy atom. The molecule has 22 heavy (non-hydrogen) atoms. The van der Waals surface area contributed by atoms with E-state index in [-0.39, 0.29) is 11.8 Å². The van der Waals surface area contributed by atoms with Crippen molar-refractivity contribution < 1.29 is 8.42 Å². The number of nitrogens with one attached hydrogen (secondary N) is 2. The first-order valence-corrected chi connectivity index (χ1v) is 8.83. The second-order valence-corrected chi connectivity index (χ2v) is 7.26. The third-order valence-corrected chi connectivity index (χ3v) is 4.63. The van der Waals surface area contributed by atoms with Crippen LogP contribution in [0.1, 0.15) is 31.0 Å². The van der Waals surface area contributed by atoms with Crippen LogP contribution in [-0.4, -0.2) is 19.2 Å². The highest BCUT2D eigenvalue weighted by atomic mass is 32.2. The zero-order valence-electron chi connectivity index (χ0n) is 13.0. The Morgan fingerprint density at radius 2 is 1.82 bits per heavy atom. The van der Waals surface area contributed by atoms with E-state index < -0.39 is 10.0 Å². The summed E-state index contributed by atoms with van der Waals surface area (Å²) in [5, 5.41) is 3.38. The van der Waals surface area contributed by atoms with Gasteiger partial charge in [-0.2, -0.15) is 0 Å². The maximum atomic E-state index is 11.5. The Hall–Kier alpha value is -2.08. The van der Waals surface area contributed by atoms with Crippen LogP contribution in [0.3, 0.4) is 0 Å². The second-order valence-electron chi connectivity index (χ2n) is 5.24. The van der Waals surface area contributed by atoms with Crippen molar-refractivity contribution in [1.82, 2.24) is 4.98 Å². The van der Waals surface area contributed by atoms with E-state index in [1.54, 1.807) is 25.3 Å². The van der Waals surface area contributed by atoms with Gasteiger partial charge < -0.3 is 5.32 Å². The summed E-state index contributed by atoms with van der Waals surface area (Å²) in [6.07, 6.45) is 3.59. The number of aryl methyl sites for hydroxylation is 1. The minimum Gasteiger partial charge on any atom is -0.377 e. The summed E-state index contributed by atoms with van der Waals surface area (Å²) in [4.78, 5) is 4.16. The predicted octanol–water partition coefficient (Wildman–Crippen LogP) is 3.32. The largest absolute Gasteiger partial charge is 0.377 e. The molecule has 0 amide bonds. The van der Waals surface area contributed by atoms with Crippen molar-refractivity contribution in [2.45, 2.75) is 26.8 Å². The molecule has 0 radical (unpaired) electrons. The van der Waals surface area contributed by atoms with E-state index in [1.807, 2.05) is 38.2 Å². The summed E-state index contributed by atoms with van der Waals surface area (Å²) in [6, 6.07) is 9.50. The molecule has 2 aromatic rings. The summed E-state index contributed by atoms with van der Waals surface area (Å²) in [6.45, 7) is 5.66. The van der Waals surface area contributed by atoms with Crippen LogP contribution in [0.15, 0.2) is 42.7 Å². The van der Waals surface area contributed by atoms with Gasteiger partial charge in [0.25, 0.3) is 0 Å². The highest BCUT2D eigenvalue weighted by Gasteiger charge is 2.09. The van der Waals surface area contributed by atoms with Crippen molar-refractivity contribution in [1.29, 1.82) is 0 Å². The zero-order valence-corrected chi connectivity index (χ0v) is 13.8. The van der Waals surface area contributed by atoms with Crippen molar-refractivity contribution in [3.8, 4) is 0 Å². The van der Waals surface area contributed by atoms with E-state index in [4.69, 9.17) is 0 Å². The Kier molecular flexibility index (Phi) is 5.03. The third kappa shape index (κ3) is 4.46. The molecule has 5 nitrogen and oxygen atoms in total. The van der Waals surface area contributed by atoms with Crippen molar-refractivity contribution in [2.24, 2.45) is 0 Å². The number of rotatable bonds is 6. The molecule has 0 unspecified atom stereocenters. The molecule has 1 atom stereocenters. The molecule has 6 heteroatoms. The molecule has 0 fully saturated rings. The highest BCUT2D eigenvalue weighted by molar-refractivity contribution is 7.92. The number of hydrogen-bond acceptors (Lipinski definition) is 4. The fourth-order valence-electron chi connectivity index (χ4n) is 2.06. The quantitative estimate of drug-likeness (QED) is 0.857. The lowest BCUT2D eigenvalue weighted by Crippen LogP contribution is -2.14. The number of nitrogens with zero attached hydrogens (tertiary/aromatic N) is 1. The number of pyridine rings is 1. The summed E-state index contributed by atoms with van der Waals surface area (Å²) in [5.41, 5.74) is 3.71. The number of sulfonamides is 1. The molecular formula is C16H21N3O2S. The average Bonchev–Trinajstić information content (AvgIpc) is 2.47. The van der Waals surface area contributed by atoms with Crippen LogP contribution in [-0.2, 0) is 10.0 Å².